The fraction of sp³-hybridized carbons (Fsp3) is 0.423. The monoisotopic (exact) mass is 468 g/mol. The Balaban J connectivity index is 1.53. The van der Waals surface area contributed by atoms with Gasteiger partial charge in [-0.3, -0.25) is 4.79 Å². The minimum absolute atomic E-state index is 0.0398. The van der Waals surface area contributed by atoms with Gasteiger partial charge >= 0.3 is 12.1 Å². The Hall–Kier alpha value is -3.39. The number of rotatable bonds is 11. The van der Waals surface area contributed by atoms with E-state index in [4.69, 9.17) is 14.6 Å². The summed E-state index contributed by atoms with van der Waals surface area (Å²) in [6.07, 6.45) is -0.932. The molecule has 0 fully saturated rings. The molecule has 2 aromatic carbocycles. The van der Waals surface area contributed by atoms with E-state index in [1.807, 2.05) is 31.2 Å². The van der Waals surface area contributed by atoms with Crippen LogP contribution in [0.25, 0.3) is 11.1 Å². The number of ether oxygens (including phenoxy) is 2. The summed E-state index contributed by atoms with van der Waals surface area (Å²) in [4.78, 5) is 36.2. The summed E-state index contributed by atoms with van der Waals surface area (Å²) in [7, 11) is 1.31. The first-order valence-electron chi connectivity index (χ1n) is 11.4. The molecule has 3 rings (SSSR count). The summed E-state index contributed by atoms with van der Waals surface area (Å²) in [5.74, 6) is -1.39. The second kappa shape index (κ2) is 11.2. The number of hydrogen-bond donors (Lipinski definition) is 3. The molecule has 34 heavy (non-hydrogen) atoms. The Morgan fingerprint density at radius 3 is 2.15 bits per heavy atom. The van der Waals surface area contributed by atoms with E-state index in [0.29, 0.717) is 6.42 Å². The van der Waals surface area contributed by atoms with Crippen LogP contribution >= 0.6 is 0 Å². The molecule has 1 aliphatic carbocycles. The normalized spacial score (nSPS) is 14.9. The van der Waals surface area contributed by atoms with Crippen molar-refractivity contribution in [3.8, 4) is 11.1 Å². The lowest BCUT2D eigenvalue weighted by Gasteiger charge is -2.27. The van der Waals surface area contributed by atoms with Gasteiger partial charge in [-0.1, -0.05) is 55.5 Å². The first kappa shape index (κ1) is 25.2. The summed E-state index contributed by atoms with van der Waals surface area (Å²) < 4.78 is 10.4. The zero-order valence-electron chi connectivity index (χ0n) is 19.8. The number of fused-ring (bicyclic) bond motifs is 3. The highest BCUT2D eigenvalue weighted by Gasteiger charge is 2.33. The van der Waals surface area contributed by atoms with Crippen molar-refractivity contribution < 1.29 is 29.0 Å². The molecule has 0 aromatic heterocycles. The third kappa shape index (κ3) is 5.56. The van der Waals surface area contributed by atoms with Crippen LogP contribution in [-0.2, 0) is 19.1 Å². The van der Waals surface area contributed by atoms with Gasteiger partial charge in [0.2, 0.25) is 5.91 Å². The maximum absolute atomic E-state index is 12.7. The van der Waals surface area contributed by atoms with Crippen LogP contribution in [0.3, 0.4) is 0 Å². The number of carboxylic acid groups (broad SMARTS) is 1. The predicted octanol–water partition coefficient (Wildman–Crippen LogP) is 3.55. The maximum atomic E-state index is 12.7. The number of carboxylic acids is 1. The molecule has 2 unspecified atom stereocenters. The van der Waals surface area contributed by atoms with Crippen LogP contribution in [0.4, 0.5) is 4.79 Å². The molecule has 8 nitrogen and oxygen atoms in total. The first-order chi connectivity index (χ1) is 16.3. The fourth-order valence-corrected chi connectivity index (χ4v) is 4.15. The van der Waals surface area contributed by atoms with Crippen LogP contribution < -0.4 is 10.6 Å². The zero-order valence-corrected chi connectivity index (χ0v) is 19.8. The van der Waals surface area contributed by atoms with Gasteiger partial charge in [0, 0.05) is 32.5 Å². The van der Waals surface area contributed by atoms with Gasteiger partial charge in [0.05, 0.1) is 5.41 Å². The number of benzene rings is 2. The minimum atomic E-state index is -1.08. The molecule has 0 saturated carbocycles. The molecule has 1 aliphatic rings. The maximum Gasteiger partial charge on any atom is 0.407 e. The fourth-order valence-electron chi connectivity index (χ4n) is 4.15. The molecule has 0 saturated heterocycles. The average Bonchev–Trinajstić information content (AvgIpc) is 3.17. The highest BCUT2D eigenvalue weighted by Crippen LogP contribution is 2.44. The van der Waals surface area contributed by atoms with Gasteiger partial charge in [0.25, 0.3) is 0 Å². The Morgan fingerprint density at radius 1 is 1.03 bits per heavy atom. The Labute approximate surface area is 199 Å². The van der Waals surface area contributed by atoms with E-state index in [2.05, 4.69) is 34.9 Å². The molecule has 0 radical (unpaired) electrons. The molecule has 0 bridgehead atoms. The lowest BCUT2D eigenvalue weighted by atomic mass is 9.86. The number of hydrogen-bond acceptors (Lipinski definition) is 5. The Kier molecular flexibility index (Phi) is 8.28. The van der Waals surface area contributed by atoms with E-state index in [9.17, 15) is 14.4 Å². The van der Waals surface area contributed by atoms with Gasteiger partial charge in [-0.15, -0.1) is 0 Å². The van der Waals surface area contributed by atoms with Crippen LogP contribution in [0, 0.1) is 5.41 Å². The van der Waals surface area contributed by atoms with Crippen molar-refractivity contribution in [3.05, 3.63) is 59.7 Å². The van der Waals surface area contributed by atoms with Gasteiger partial charge in [0.15, 0.2) is 6.10 Å². The number of carbonyl (C=O) groups excluding carboxylic acids is 2. The summed E-state index contributed by atoms with van der Waals surface area (Å²) in [5.41, 5.74) is 3.70. The number of amides is 2. The van der Waals surface area contributed by atoms with Crippen LogP contribution in [0.2, 0.25) is 0 Å². The predicted molar refractivity (Wildman–Crippen MR) is 128 cm³/mol. The van der Waals surface area contributed by atoms with E-state index < -0.39 is 23.6 Å². The Morgan fingerprint density at radius 2 is 1.62 bits per heavy atom. The van der Waals surface area contributed by atoms with Crippen molar-refractivity contribution in [2.24, 2.45) is 5.41 Å². The molecule has 0 aliphatic heterocycles. The first-order valence-corrected chi connectivity index (χ1v) is 11.4. The van der Waals surface area contributed by atoms with Crippen molar-refractivity contribution >= 4 is 18.0 Å². The summed E-state index contributed by atoms with van der Waals surface area (Å²) >= 11 is 0. The number of aliphatic carboxylic acids is 1. The smallest absolute Gasteiger partial charge is 0.407 e. The average molecular weight is 469 g/mol. The van der Waals surface area contributed by atoms with Crippen LogP contribution in [0.1, 0.15) is 43.7 Å². The highest BCUT2D eigenvalue weighted by molar-refractivity contribution is 5.83. The Bertz CT molecular complexity index is 994. The minimum Gasteiger partial charge on any atom is -0.479 e. The molecule has 2 atom stereocenters. The van der Waals surface area contributed by atoms with Gasteiger partial charge in [-0.2, -0.15) is 0 Å². The summed E-state index contributed by atoms with van der Waals surface area (Å²) in [6.45, 7) is 4.05. The number of methoxy groups -OCH3 is 1. The van der Waals surface area contributed by atoms with Crippen molar-refractivity contribution in [1.29, 1.82) is 0 Å². The molecule has 0 spiro atoms. The molecule has 8 heteroatoms. The van der Waals surface area contributed by atoms with Crippen molar-refractivity contribution in [2.45, 2.75) is 38.7 Å². The summed E-state index contributed by atoms with van der Waals surface area (Å²) in [5, 5.41) is 14.5. The number of alkyl carbamates (subject to hydrolysis) is 1. The van der Waals surface area contributed by atoms with Gasteiger partial charge in [0.1, 0.15) is 6.61 Å². The second-order valence-corrected chi connectivity index (χ2v) is 8.70. The molecule has 2 amide bonds. The highest BCUT2D eigenvalue weighted by atomic mass is 16.5. The van der Waals surface area contributed by atoms with Crippen LogP contribution in [0.15, 0.2) is 48.5 Å². The quantitative estimate of drug-likeness (QED) is 0.465. The zero-order chi connectivity index (χ0) is 24.7. The van der Waals surface area contributed by atoms with E-state index in [1.165, 1.54) is 7.11 Å². The lowest BCUT2D eigenvalue weighted by molar-refractivity contribution is -0.149. The number of carbonyl (C=O) groups is 3. The lowest BCUT2D eigenvalue weighted by Crippen LogP contribution is -2.47. The molecule has 2 aromatic rings. The van der Waals surface area contributed by atoms with Crippen LogP contribution in [0.5, 0.6) is 0 Å². The molecular weight excluding hydrogens is 436 g/mol. The van der Waals surface area contributed by atoms with Crippen molar-refractivity contribution in [1.82, 2.24) is 10.6 Å². The summed E-state index contributed by atoms with van der Waals surface area (Å²) in [6, 6.07) is 16.2. The van der Waals surface area contributed by atoms with Gasteiger partial charge in [-0.05, 0) is 35.6 Å². The van der Waals surface area contributed by atoms with Crippen LogP contribution in [-0.4, -0.2) is 56.0 Å². The van der Waals surface area contributed by atoms with E-state index in [1.54, 1.807) is 6.92 Å². The number of nitrogens with one attached hydrogen (secondary N) is 2. The van der Waals surface area contributed by atoms with Crippen molar-refractivity contribution in [2.75, 3.05) is 26.8 Å². The van der Waals surface area contributed by atoms with Crippen molar-refractivity contribution in [3.63, 3.8) is 0 Å². The topological polar surface area (TPSA) is 114 Å². The van der Waals surface area contributed by atoms with Gasteiger partial charge in [-0.25, -0.2) is 9.59 Å². The SMILES string of the molecule is CCC(C)(CNC(=O)OCC1c2ccccc2-c2ccccc21)C(=O)NCCC(OC)C(=O)O. The largest absolute Gasteiger partial charge is 0.479 e. The van der Waals surface area contributed by atoms with E-state index in [0.717, 1.165) is 22.3 Å². The third-order valence-electron chi connectivity index (χ3n) is 6.55. The molecule has 182 valence electrons. The second-order valence-electron chi connectivity index (χ2n) is 8.70. The standard InChI is InChI=1S/C26H32N2O6/c1-4-26(2,24(31)27-14-13-22(33-3)23(29)30)16-28-25(32)34-15-21-19-11-7-5-9-17(19)18-10-6-8-12-20(18)21/h5-12,21-22H,4,13-16H2,1-3H3,(H,27,31)(H,28,32)(H,29,30). The molecular formula is C26H32N2O6. The third-order valence-corrected chi connectivity index (χ3v) is 6.55. The van der Waals surface area contributed by atoms with E-state index >= 15 is 0 Å². The van der Waals surface area contributed by atoms with E-state index in [-0.39, 0.29) is 37.9 Å². The molecule has 3 N–H and O–H groups in total. The van der Waals surface area contributed by atoms with Gasteiger partial charge < -0.3 is 25.2 Å². The molecule has 0 heterocycles.